The second-order valence-corrected chi connectivity index (χ2v) is 7.35. The third-order valence-corrected chi connectivity index (χ3v) is 2.87. The van der Waals surface area contributed by atoms with Crippen LogP contribution in [0.2, 0.25) is 0 Å². The first-order valence-corrected chi connectivity index (χ1v) is 10.7. The number of unbranched alkanes of at least 4 members (excludes halogenated alkanes) is 9. The van der Waals surface area contributed by atoms with Crippen LogP contribution in [0, 0.1) is 0 Å². The highest BCUT2D eigenvalue weighted by Crippen LogP contribution is 2.03. The molecule has 0 amide bonds. The highest BCUT2D eigenvalue weighted by Gasteiger charge is 1.79. The Kier molecular flexibility index (Phi) is 52.8. The molecule has 0 bridgehead atoms. The first kappa shape index (κ1) is 30.7. The van der Waals surface area contributed by atoms with Crippen LogP contribution in [0.5, 0.6) is 0 Å². The Hall–Kier alpha value is 0.870. The lowest BCUT2D eigenvalue weighted by atomic mass is 10.2. The molecule has 0 aliphatic rings. The van der Waals surface area contributed by atoms with E-state index < -0.39 is 4.30 Å². The van der Waals surface area contributed by atoms with E-state index in [1.165, 1.54) is 77.0 Å². The predicted molar refractivity (Wildman–Crippen MR) is 111 cm³/mol. The van der Waals surface area contributed by atoms with Gasteiger partial charge in [-0.05, 0) is 0 Å². The predicted octanol–water partition coefficient (Wildman–Crippen LogP) is 9.75. The van der Waals surface area contributed by atoms with E-state index in [1.807, 2.05) is 0 Å². The van der Waals surface area contributed by atoms with Gasteiger partial charge >= 0.3 is 0 Å². The van der Waals surface area contributed by atoms with Gasteiger partial charge in [0.2, 0.25) is 0 Å². The molecular weight excluding hydrogens is 335 g/mol. The van der Waals surface area contributed by atoms with Crippen LogP contribution in [0.1, 0.15) is 119 Å². The first-order chi connectivity index (χ1) is 10.5. The largest absolute Gasteiger partial charge is 0.180 e. The molecule has 0 saturated carbocycles. The van der Waals surface area contributed by atoms with Crippen molar-refractivity contribution in [2.45, 2.75) is 123 Å². The molecule has 0 spiro atoms. The smallest absolute Gasteiger partial charge is 0.0874 e. The van der Waals surface area contributed by atoms with Gasteiger partial charge in [0.05, 0.1) is 0 Å². The first-order valence-electron chi connectivity index (χ1n) is 9.40. The van der Waals surface area contributed by atoms with E-state index in [2.05, 4.69) is 41.5 Å². The summed E-state index contributed by atoms with van der Waals surface area (Å²) in [5, 5.41) is 0. The maximum atomic E-state index is 4.81. The van der Waals surface area contributed by atoms with E-state index in [0.717, 1.165) is 0 Å². The molecule has 0 radical (unpaired) electrons. The van der Waals surface area contributed by atoms with Gasteiger partial charge in [-0.2, -0.15) is 0 Å². The molecule has 140 valence electrons. The summed E-state index contributed by atoms with van der Waals surface area (Å²) >= 11 is 14.4. The molecule has 0 nitrogen and oxygen atoms in total. The molecule has 0 saturated heterocycles. The SMILES string of the molecule is CCCCCC.CCCCCC.CCCCCC.ClC(Cl)Cl. The molecule has 0 aromatic heterocycles. The summed E-state index contributed by atoms with van der Waals surface area (Å²) in [4.78, 5) is 0. The minimum Gasteiger partial charge on any atom is -0.0874 e. The molecule has 0 fully saturated rings. The number of rotatable bonds is 9. The Morgan fingerprint density at radius 2 is 0.500 bits per heavy atom. The fourth-order valence-electron chi connectivity index (χ4n) is 1.50. The maximum Gasteiger partial charge on any atom is 0.180 e. The average Bonchev–Trinajstić information content (AvgIpc) is 2.49. The highest BCUT2D eigenvalue weighted by molar-refractivity contribution is 6.63. The van der Waals surface area contributed by atoms with Crippen molar-refractivity contribution in [3.05, 3.63) is 0 Å². The van der Waals surface area contributed by atoms with Gasteiger partial charge in [0, 0.05) is 0 Å². The quantitative estimate of drug-likeness (QED) is 0.277. The standard InChI is InChI=1S/3C6H14.CHCl3/c3*1-3-5-6-4-2;2-1(3)4/h3*3-6H2,1-2H3;1H. The second-order valence-electron chi connectivity index (χ2n) is 5.37. The van der Waals surface area contributed by atoms with Crippen LogP contribution < -0.4 is 0 Å². The second kappa shape index (κ2) is 37.8. The van der Waals surface area contributed by atoms with E-state index in [0.29, 0.717) is 0 Å². The number of hydrogen-bond acceptors (Lipinski definition) is 0. The molecule has 0 atom stereocenters. The third kappa shape index (κ3) is 84.6. The molecular formula is C19H43Cl3. The minimum atomic E-state index is -0.750. The fourth-order valence-corrected chi connectivity index (χ4v) is 1.50. The van der Waals surface area contributed by atoms with Gasteiger partial charge in [0.15, 0.2) is 4.30 Å². The van der Waals surface area contributed by atoms with Crippen LogP contribution in [-0.2, 0) is 0 Å². The van der Waals surface area contributed by atoms with Crippen molar-refractivity contribution in [2.75, 3.05) is 0 Å². The fraction of sp³-hybridized carbons (Fsp3) is 1.00. The maximum absolute atomic E-state index is 4.81. The number of hydrogen-bond donors (Lipinski definition) is 0. The number of alkyl halides is 3. The zero-order chi connectivity index (χ0) is 18.1. The van der Waals surface area contributed by atoms with Crippen molar-refractivity contribution in [3.63, 3.8) is 0 Å². The van der Waals surface area contributed by atoms with Crippen molar-refractivity contribution < 1.29 is 0 Å². The van der Waals surface area contributed by atoms with E-state index in [4.69, 9.17) is 34.8 Å². The van der Waals surface area contributed by atoms with Gasteiger partial charge in [0.25, 0.3) is 0 Å². The molecule has 0 N–H and O–H groups in total. The third-order valence-electron chi connectivity index (χ3n) is 2.87. The van der Waals surface area contributed by atoms with Crippen molar-refractivity contribution in [1.82, 2.24) is 0 Å². The molecule has 0 aliphatic heterocycles. The normalized spacial score (nSPS) is 9.00. The van der Waals surface area contributed by atoms with Crippen molar-refractivity contribution in [3.8, 4) is 0 Å². The van der Waals surface area contributed by atoms with Crippen molar-refractivity contribution in [2.24, 2.45) is 0 Å². The minimum absolute atomic E-state index is 0.750. The summed E-state index contributed by atoms with van der Waals surface area (Å²) in [6.45, 7) is 13.4. The van der Waals surface area contributed by atoms with Crippen LogP contribution in [0.3, 0.4) is 0 Å². The lowest BCUT2D eigenvalue weighted by Gasteiger charge is -1.86. The van der Waals surface area contributed by atoms with Crippen molar-refractivity contribution in [1.29, 1.82) is 0 Å². The molecule has 22 heavy (non-hydrogen) atoms. The Morgan fingerprint density at radius 1 is 0.409 bits per heavy atom. The van der Waals surface area contributed by atoms with E-state index >= 15 is 0 Å². The summed E-state index contributed by atoms with van der Waals surface area (Å²) in [6.07, 6.45) is 16.6. The molecule has 0 aromatic carbocycles. The molecule has 0 heterocycles. The van der Waals surface area contributed by atoms with Gasteiger partial charge in [-0.3, -0.25) is 0 Å². The summed E-state index contributed by atoms with van der Waals surface area (Å²) in [7, 11) is 0. The van der Waals surface area contributed by atoms with Crippen LogP contribution in [0.4, 0.5) is 0 Å². The molecule has 0 aromatic rings. The molecule has 0 unspecified atom stereocenters. The van der Waals surface area contributed by atoms with Gasteiger partial charge in [-0.15, -0.1) is 0 Å². The average molecular weight is 378 g/mol. The van der Waals surface area contributed by atoms with Gasteiger partial charge < -0.3 is 0 Å². The summed E-state index contributed by atoms with van der Waals surface area (Å²) in [6, 6.07) is 0. The zero-order valence-electron chi connectivity index (χ0n) is 16.2. The van der Waals surface area contributed by atoms with Crippen LogP contribution in [0.15, 0.2) is 0 Å². The van der Waals surface area contributed by atoms with Gasteiger partial charge in [-0.25, -0.2) is 0 Å². The van der Waals surface area contributed by atoms with E-state index in [1.54, 1.807) is 0 Å². The zero-order valence-corrected chi connectivity index (χ0v) is 18.5. The Bertz CT molecular complexity index is 94.1. The number of halogens is 3. The van der Waals surface area contributed by atoms with Gasteiger partial charge in [-0.1, -0.05) is 153 Å². The van der Waals surface area contributed by atoms with Crippen LogP contribution >= 0.6 is 34.8 Å². The van der Waals surface area contributed by atoms with E-state index in [9.17, 15) is 0 Å². The highest BCUT2D eigenvalue weighted by atomic mass is 35.6. The lowest BCUT2D eigenvalue weighted by molar-refractivity contribution is 0.702. The summed E-state index contributed by atoms with van der Waals surface area (Å²) in [5.74, 6) is 0. The lowest BCUT2D eigenvalue weighted by Crippen LogP contribution is -1.66. The topological polar surface area (TPSA) is 0 Å². The van der Waals surface area contributed by atoms with Crippen molar-refractivity contribution >= 4 is 34.8 Å². The Morgan fingerprint density at radius 3 is 0.545 bits per heavy atom. The Labute approximate surface area is 157 Å². The summed E-state index contributed by atoms with van der Waals surface area (Å²) < 4.78 is -0.750. The van der Waals surface area contributed by atoms with E-state index in [-0.39, 0.29) is 0 Å². The Balaban J connectivity index is -0.0000000994. The van der Waals surface area contributed by atoms with Gasteiger partial charge in [0.1, 0.15) is 0 Å². The summed E-state index contributed by atoms with van der Waals surface area (Å²) in [5.41, 5.74) is 0. The molecule has 3 heteroatoms. The monoisotopic (exact) mass is 376 g/mol. The van der Waals surface area contributed by atoms with Crippen LogP contribution in [0.25, 0.3) is 0 Å². The van der Waals surface area contributed by atoms with Crippen LogP contribution in [-0.4, -0.2) is 4.30 Å². The molecule has 0 aliphatic carbocycles. The molecule has 0 rings (SSSR count).